The van der Waals surface area contributed by atoms with Crippen LogP contribution in [-0.2, 0) is 24.2 Å². The van der Waals surface area contributed by atoms with Crippen molar-refractivity contribution in [2.45, 2.75) is 66.8 Å². The second-order valence-electron chi connectivity index (χ2n) is 12.2. The Kier molecular flexibility index (Phi) is 7.16. The highest BCUT2D eigenvalue weighted by Gasteiger charge is 2.30. The number of hydrogen-bond acceptors (Lipinski definition) is 9. The number of aryl methyl sites for hydroxylation is 3. The fraction of sp³-hybridized carbons (Fsp3) is 0.438. The zero-order valence-corrected chi connectivity index (χ0v) is 24.9. The highest BCUT2D eigenvalue weighted by Crippen LogP contribution is 2.42. The number of nitrogens with zero attached hydrogens (tertiary/aromatic N) is 7. The van der Waals surface area contributed by atoms with Gasteiger partial charge in [-0.25, -0.2) is 9.97 Å². The molecule has 218 valence electrons. The smallest absolute Gasteiger partial charge is 0.307 e. The molecule has 0 amide bonds. The van der Waals surface area contributed by atoms with Crippen molar-refractivity contribution in [3.8, 4) is 22.7 Å². The summed E-state index contributed by atoms with van der Waals surface area (Å²) in [5.41, 5.74) is 9.16. The molecule has 0 atom stereocenters. The van der Waals surface area contributed by atoms with E-state index in [9.17, 15) is 9.90 Å². The Bertz CT molecular complexity index is 1650. The summed E-state index contributed by atoms with van der Waals surface area (Å²) in [5.74, 6) is 0.864. The van der Waals surface area contributed by atoms with Crippen LogP contribution in [0.2, 0.25) is 0 Å². The van der Waals surface area contributed by atoms with E-state index in [0.717, 1.165) is 85.0 Å². The van der Waals surface area contributed by atoms with Gasteiger partial charge in [-0.15, -0.1) is 10.2 Å². The summed E-state index contributed by atoms with van der Waals surface area (Å²) in [6, 6.07) is 8.53. The van der Waals surface area contributed by atoms with Crippen molar-refractivity contribution in [3.63, 3.8) is 0 Å². The molecule has 1 N–H and O–H groups in total. The third-order valence-electron chi connectivity index (χ3n) is 8.65. The fourth-order valence-corrected chi connectivity index (χ4v) is 6.20. The van der Waals surface area contributed by atoms with Crippen LogP contribution in [0.25, 0.3) is 22.7 Å². The van der Waals surface area contributed by atoms with Crippen LogP contribution >= 0.6 is 0 Å². The van der Waals surface area contributed by atoms with Gasteiger partial charge in [-0.05, 0) is 55.2 Å². The molecular formula is C32H37N7O3. The average molecular weight is 568 g/mol. The number of carboxylic acid groups (broad SMARTS) is 1. The monoisotopic (exact) mass is 567 g/mol. The molecule has 6 rings (SSSR count). The number of aliphatic carboxylic acids is 1. The number of benzene rings is 1. The van der Waals surface area contributed by atoms with Crippen molar-refractivity contribution in [3.05, 3.63) is 64.6 Å². The van der Waals surface area contributed by atoms with Gasteiger partial charge in [0.1, 0.15) is 17.8 Å². The Labute approximate surface area is 245 Å². The molecule has 0 unspecified atom stereocenters. The minimum atomic E-state index is -0.832. The van der Waals surface area contributed by atoms with Crippen molar-refractivity contribution in [1.82, 2.24) is 25.1 Å². The van der Waals surface area contributed by atoms with Crippen LogP contribution in [0.5, 0.6) is 0 Å². The van der Waals surface area contributed by atoms with Gasteiger partial charge in [0.25, 0.3) is 5.89 Å². The quantitative estimate of drug-likeness (QED) is 0.327. The molecular weight excluding hydrogens is 530 g/mol. The van der Waals surface area contributed by atoms with E-state index in [4.69, 9.17) is 9.40 Å². The lowest BCUT2D eigenvalue weighted by atomic mass is 9.82. The van der Waals surface area contributed by atoms with E-state index in [2.05, 4.69) is 62.0 Å². The van der Waals surface area contributed by atoms with Crippen LogP contribution < -0.4 is 9.80 Å². The number of pyridine rings is 1. The molecule has 2 aliphatic rings. The highest BCUT2D eigenvalue weighted by atomic mass is 16.4. The molecule has 0 spiro atoms. The van der Waals surface area contributed by atoms with Gasteiger partial charge in [0.05, 0.1) is 12.1 Å². The van der Waals surface area contributed by atoms with Crippen molar-refractivity contribution in [2.24, 2.45) is 5.41 Å². The zero-order valence-electron chi connectivity index (χ0n) is 24.9. The van der Waals surface area contributed by atoms with Gasteiger partial charge >= 0.3 is 5.97 Å². The van der Waals surface area contributed by atoms with Gasteiger partial charge in [0.15, 0.2) is 0 Å². The maximum absolute atomic E-state index is 12.0. The number of fused-ring (bicyclic) bond motifs is 1. The summed E-state index contributed by atoms with van der Waals surface area (Å²) in [6.45, 7) is 13.7. The number of piperidine rings is 1. The van der Waals surface area contributed by atoms with Crippen molar-refractivity contribution in [1.29, 1.82) is 0 Å². The van der Waals surface area contributed by atoms with Gasteiger partial charge in [-0.1, -0.05) is 32.0 Å². The normalized spacial score (nSPS) is 16.4. The lowest BCUT2D eigenvalue weighted by molar-refractivity contribution is -0.136. The Hall–Kier alpha value is -4.34. The Morgan fingerprint density at radius 3 is 2.48 bits per heavy atom. The van der Waals surface area contributed by atoms with E-state index in [-0.39, 0.29) is 11.8 Å². The standard InChI is InChI=1S/C32H37N7O3/c1-19-25(15-28(40)41)30(38-12-9-32(4,5)10-13-38)29(20(2)35-19)23-6-7-24-17-39(11-8-22(24)14-23)27-16-26(33-18-34-27)31-37-36-21(3)42-31/h6-7,14,16,18H,8-13,15,17H2,1-5H3,(H,40,41). The van der Waals surface area contributed by atoms with E-state index in [1.165, 1.54) is 17.5 Å². The average Bonchev–Trinajstić information content (AvgIpc) is 3.40. The third kappa shape index (κ3) is 5.45. The Morgan fingerprint density at radius 1 is 0.976 bits per heavy atom. The lowest BCUT2D eigenvalue weighted by Crippen LogP contribution is -2.38. The van der Waals surface area contributed by atoms with E-state index in [0.29, 0.717) is 17.5 Å². The van der Waals surface area contributed by atoms with Crippen LogP contribution in [-0.4, -0.2) is 55.9 Å². The van der Waals surface area contributed by atoms with Crippen molar-refractivity contribution in [2.75, 3.05) is 29.4 Å². The summed E-state index contributed by atoms with van der Waals surface area (Å²) < 4.78 is 5.56. The molecule has 3 aromatic heterocycles. The minimum absolute atomic E-state index is 0.0364. The van der Waals surface area contributed by atoms with E-state index >= 15 is 0 Å². The first-order valence-corrected chi connectivity index (χ1v) is 14.5. The number of carboxylic acids is 1. The summed E-state index contributed by atoms with van der Waals surface area (Å²) in [5, 5.41) is 17.8. The predicted octanol–water partition coefficient (Wildman–Crippen LogP) is 5.33. The number of aromatic nitrogens is 5. The highest BCUT2D eigenvalue weighted by molar-refractivity contribution is 5.86. The maximum Gasteiger partial charge on any atom is 0.307 e. The molecule has 1 aromatic carbocycles. The SMILES string of the molecule is Cc1nnc(-c2cc(N3CCc4cc(-c5c(C)nc(C)c(CC(=O)O)c5N5CCC(C)(C)CC5)ccc4C3)ncn2)o1. The van der Waals surface area contributed by atoms with Gasteiger partial charge in [0.2, 0.25) is 5.89 Å². The largest absolute Gasteiger partial charge is 0.481 e. The van der Waals surface area contributed by atoms with E-state index in [1.807, 2.05) is 19.9 Å². The second-order valence-corrected chi connectivity index (χ2v) is 12.2. The van der Waals surface area contributed by atoms with Crippen molar-refractivity contribution >= 4 is 17.5 Å². The van der Waals surface area contributed by atoms with E-state index in [1.54, 1.807) is 6.92 Å². The molecule has 1 fully saturated rings. The fourth-order valence-electron chi connectivity index (χ4n) is 6.20. The maximum atomic E-state index is 12.0. The molecule has 0 bridgehead atoms. The molecule has 10 nitrogen and oxygen atoms in total. The van der Waals surface area contributed by atoms with Gasteiger partial charge in [0, 0.05) is 61.7 Å². The molecule has 2 aliphatic heterocycles. The van der Waals surface area contributed by atoms with Crippen LogP contribution in [0.1, 0.15) is 60.7 Å². The molecule has 4 aromatic rings. The van der Waals surface area contributed by atoms with Gasteiger partial charge < -0.3 is 19.3 Å². The molecule has 10 heteroatoms. The second kappa shape index (κ2) is 10.8. The Balaban J connectivity index is 1.34. The first-order chi connectivity index (χ1) is 20.1. The number of anilines is 2. The molecule has 0 aliphatic carbocycles. The summed E-state index contributed by atoms with van der Waals surface area (Å²) in [4.78, 5) is 30.3. The Morgan fingerprint density at radius 2 is 1.76 bits per heavy atom. The summed E-state index contributed by atoms with van der Waals surface area (Å²) >= 11 is 0. The first kappa shape index (κ1) is 27.8. The summed E-state index contributed by atoms with van der Waals surface area (Å²) in [7, 11) is 0. The summed E-state index contributed by atoms with van der Waals surface area (Å²) in [6.07, 6.45) is 4.49. The minimum Gasteiger partial charge on any atom is -0.481 e. The third-order valence-corrected chi connectivity index (χ3v) is 8.65. The van der Waals surface area contributed by atoms with Crippen molar-refractivity contribution < 1.29 is 14.3 Å². The topological polar surface area (TPSA) is 121 Å². The van der Waals surface area contributed by atoms with Crippen LogP contribution in [0, 0.1) is 26.2 Å². The predicted molar refractivity (Wildman–Crippen MR) is 161 cm³/mol. The van der Waals surface area contributed by atoms with Gasteiger partial charge in [-0.3, -0.25) is 9.78 Å². The molecule has 42 heavy (non-hydrogen) atoms. The molecule has 0 saturated carbocycles. The molecule has 0 radical (unpaired) electrons. The van der Waals surface area contributed by atoms with Crippen LogP contribution in [0.15, 0.2) is 35.0 Å². The molecule has 5 heterocycles. The number of carbonyl (C=O) groups is 1. The number of hydrogen-bond donors (Lipinski definition) is 1. The zero-order chi connectivity index (χ0) is 29.6. The van der Waals surface area contributed by atoms with Gasteiger partial charge in [-0.2, -0.15) is 0 Å². The van der Waals surface area contributed by atoms with E-state index < -0.39 is 5.97 Å². The lowest BCUT2D eigenvalue weighted by Gasteiger charge is -2.40. The molecule has 1 saturated heterocycles. The number of rotatable bonds is 6. The first-order valence-electron chi connectivity index (χ1n) is 14.5. The van der Waals surface area contributed by atoms with Crippen LogP contribution in [0.4, 0.5) is 11.5 Å². The van der Waals surface area contributed by atoms with Crippen LogP contribution in [0.3, 0.4) is 0 Å².